The fourth-order valence-electron chi connectivity index (χ4n) is 6.26. The van der Waals surface area contributed by atoms with Gasteiger partial charge in [-0.1, -0.05) is 42.5 Å². The van der Waals surface area contributed by atoms with Gasteiger partial charge in [0, 0.05) is 42.6 Å². The maximum atomic E-state index is 9.63. The molecule has 1 aliphatic carbocycles. The zero-order chi connectivity index (χ0) is 24.8. The zero-order valence-corrected chi connectivity index (χ0v) is 20.9. The average Bonchev–Trinajstić information content (AvgIpc) is 3.21. The van der Waals surface area contributed by atoms with Crippen LogP contribution in [0, 0.1) is 18.8 Å². The number of nitrogens with zero attached hydrogens (tertiary/aromatic N) is 4. The lowest BCUT2D eigenvalue weighted by Gasteiger charge is -2.40. The monoisotopic (exact) mass is 479 g/mol. The van der Waals surface area contributed by atoms with Crippen LogP contribution in [0.4, 0.5) is 0 Å². The second kappa shape index (κ2) is 9.10. The molecule has 2 aromatic carbocycles. The van der Waals surface area contributed by atoms with Gasteiger partial charge in [-0.3, -0.25) is 0 Å². The summed E-state index contributed by atoms with van der Waals surface area (Å²) in [5.74, 6) is 1.47. The van der Waals surface area contributed by atoms with E-state index in [1.807, 2.05) is 6.07 Å². The lowest BCUT2D eigenvalue weighted by molar-refractivity contribution is 0.0862. The lowest BCUT2D eigenvalue weighted by Crippen LogP contribution is -2.45. The van der Waals surface area contributed by atoms with Gasteiger partial charge in [-0.2, -0.15) is 0 Å². The number of rotatable bonds is 4. The fourth-order valence-corrected chi connectivity index (χ4v) is 6.26. The number of aliphatic imine (C=N–C) groups is 1. The van der Waals surface area contributed by atoms with E-state index in [1.54, 1.807) is 6.20 Å². The van der Waals surface area contributed by atoms with E-state index in [-0.39, 0.29) is 6.17 Å². The van der Waals surface area contributed by atoms with E-state index in [0.717, 1.165) is 64.8 Å². The number of aliphatic hydroxyl groups excluding tert-OH is 1. The largest absolute Gasteiger partial charge is 0.396 e. The Bertz CT molecular complexity index is 1390. The smallest absolute Gasteiger partial charge is 0.149 e. The number of aliphatic hydroxyl groups is 1. The van der Waals surface area contributed by atoms with Crippen molar-refractivity contribution in [2.24, 2.45) is 22.6 Å². The van der Waals surface area contributed by atoms with Crippen LogP contribution in [0.1, 0.15) is 36.8 Å². The third-order valence-corrected chi connectivity index (χ3v) is 8.13. The molecule has 1 saturated carbocycles. The first-order chi connectivity index (χ1) is 17.5. The SMILES string of the molecule is Cc1cc(-c2ccccc2)nc2cc(C3=C4C(N)=NC=CN4C(C4CCC(CO)CC4)N3C)ccc12. The Balaban J connectivity index is 1.42. The highest BCUT2D eigenvalue weighted by molar-refractivity contribution is 6.05. The van der Waals surface area contributed by atoms with Gasteiger partial charge in [-0.25, -0.2) is 9.98 Å². The Labute approximate surface area is 212 Å². The van der Waals surface area contributed by atoms with Crippen molar-refractivity contribution in [3.8, 4) is 11.3 Å². The summed E-state index contributed by atoms with van der Waals surface area (Å²) in [5, 5.41) is 10.8. The van der Waals surface area contributed by atoms with Crippen LogP contribution in [-0.2, 0) is 0 Å². The first-order valence-electron chi connectivity index (χ1n) is 12.9. The lowest BCUT2D eigenvalue weighted by atomic mass is 9.80. The van der Waals surface area contributed by atoms with Gasteiger partial charge in [0.05, 0.1) is 16.9 Å². The van der Waals surface area contributed by atoms with Gasteiger partial charge in [0.15, 0.2) is 0 Å². The maximum Gasteiger partial charge on any atom is 0.149 e. The van der Waals surface area contributed by atoms with Crippen LogP contribution in [0.5, 0.6) is 0 Å². The van der Waals surface area contributed by atoms with Crippen LogP contribution in [-0.4, -0.2) is 45.5 Å². The zero-order valence-electron chi connectivity index (χ0n) is 20.9. The molecule has 0 radical (unpaired) electrons. The van der Waals surface area contributed by atoms with E-state index in [1.165, 1.54) is 5.56 Å². The summed E-state index contributed by atoms with van der Waals surface area (Å²) in [6, 6.07) is 19.1. The molecule has 1 fully saturated rings. The number of nitrogens with two attached hydrogens (primary N) is 1. The number of fused-ring (bicyclic) bond motifs is 2. The minimum absolute atomic E-state index is 0.181. The number of hydrogen-bond donors (Lipinski definition) is 2. The molecule has 6 rings (SSSR count). The second-order valence-corrected chi connectivity index (χ2v) is 10.3. The van der Waals surface area contributed by atoms with Gasteiger partial charge < -0.3 is 20.6 Å². The van der Waals surface area contributed by atoms with Crippen molar-refractivity contribution in [3.63, 3.8) is 0 Å². The molecule has 3 heterocycles. The minimum Gasteiger partial charge on any atom is -0.396 e. The predicted octanol–water partition coefficient (Wildman–Crippen LogP) is 5.09. The molecule has 2 aliphatic heterocycles. The molecular formula is C30H33N5O. The van der Waals surface area contributed by atoms with E-state index in [9.17, 15) is 5.11 Å². The molecular weight excluding hydrogens is 446 g/mol. The molecule has 184 valence electrons. The summed E-state index contributed by atoms with van der Waals surface area (Å²) in [5.41, 5.74) is 14.0. The standard InChI is InChI=1S/C30H33N5O/c1-19-16-25(21-6-4-3-5-7-21)33-26-17-23(12-13-24(19)26)27-28-29(31)32-14-15-35(28)30(34(27)2)22-10-8-20(18-36)9-11-22/h3-7,12-17,20,22,30,36H,8-11,18H2,1-2H3,(H2,31,32). The van der Waals surface area contributed by atoms with Crippen molar-refractivity contribution in [3.05, 3.63) is 83.8 Å². The quantitative estimate of drug-likeness (QED) is 0.545. The van der Waals surface area contributed by atoms with Crippen LogP contribution < -0.4 is 5.73 Å². The molecule has 0 saturated heterocycles. The molecule has 3 aliphatic rings. The summed E-state index contributed by atoms with van der Waals surface area (Å²) in [6.45, 7) is 2.44. The summed E-state index contributed by atoms with van der Waals surface area (Å²) < 4.78 is 0. The van der Waals surface area contributed by atoms with Gasteiger partial charge in [0.25, 0.3) is 0 Å². The second-order valence-electron chi connectivity index (χ2n) is 10.3. The molecule has 6 heteroatoms. The maximum absolute atomic E-state index is 9.63. The number of hydrogen-bond acceptors (Lipinski definition) is 6. The molecule has 0 spiro atoms. The van der Waals surface area contributed by atoms with Crippen LogP contribution in [0.15, 0.2) is 77.7 Å². The molecule has 6 nitrogen and oxygen atoms in total. The molecule has 36 heavy (non-hydrogen) atoms. The minimum atomic E-state index is 0.181. The molecule has 0 bridgehead atoms. The van der Waals surface area contributed by atoms with Crippen molar-refractivity contribution < 1.29 is 5.11 Å². The molecule has 3 N–H and O–H groups in total. The average molecular weight is 480 g/mol. The van der Waals surface area contributed by atoms with E-state index in [4.69, 9.17) is 10.7 Å². The first kappa shape index (κ1) is 22.8. The fraction of sp³-hybridized carbons (Fsp3) is 0.333. The number of benzene rings is 2. The Kier molecular flexibility index (Phi) is 5.76. The third kappa shape index (κ3) is 3.77. The van der Waals surface area contributed by atoms with Gasteiger partial charge >= 0.3 is 0 Å². The Morgan fingerprint density at radius 3 is 2.50 bits per heavy atom. The summed E-state index contributed by atoms with van der Waals surface area (Å²) in [4.78, 5) is 14.2. The highest BCUT2D eigenvalue weighted by Gasteiger charge is 2.43. The van der Waals surface area contributed by atoms with Crippen LogP contribution in [0.2, 0.25) is 0 Å². The van der Waals surface area contributed by atoms with Crippen LogP contribution >= 0.6 is 0 Å². The molecule has 3 aromatic rings. The van der Waals surface area contributed by atoms with Crippen LogP contribution in [0.25, 0.3) is 27.9 Å². The van der Waals surface area contributed by atoms with Gasteiger partial charge in [-0.15, -0.1) is 0 Å². The highest BCUT2D eigenvalue weighted by Crippen LogP contribution is 2.44. The third-order valence-electron chi connectivity index (χ3n) is 8.13. The normalized spacial score (nSPS) is 23.9. The van der Waals surface area contributed by atoms with E-state index in [2.05, 4.69) is 83.5 Å². The summed E-state index contributed by atoms with van der Waals surface area (Å²) in [6.07, 6.45) is 8.38. The van der Waals surface area contributed by atoms with E-state index >= 15 is 0 Å². The van der Waals surface area contributed by atoms with Crippen molar-refractivity contribution >= 4 is 22.4 Å². The number of aromatic nitrogens is 1. The van der Waals surface area contributed by atoms with Crippen molar-refractivity contribution in [2.45, 2.75) is 38.8 Å². The predicted molar refractivity (Wildman–Crippen MR) is 146 cm³/mol. The number of aryl methyl sites for hydroxylation is 1. The van der Waals surface area contributed by atoms with Crippen molar-refractivity contribution in [2.75, 3.05) is 13.7 Å². The van der Waals surface area contributed by atoms with Crippen LogP contribution in [0.3, 0.4) is 0 Å². The number of amidine groups is 1. The van der Waals surface area contributed by atoms with E-state index < -0.39 is 0 Å². The molecule has 1 unspecified atom stereocenters. The van der Waals surface area contributed by atoms with Crippen molar-refractivity contribution in [1.82, 2.24) is 14.8 Å². The Morgan fingerprint density at radius 1 is 0.972 bits per heavy atom. The highest BCUT2D eigenvalue weighted by atomic mass is 16.3. The van der Waals surface area contributed by atoms with Gasteiger partial charge in [0.1, 0.15) is 17.7 Å². The molecule has 1 aromatic heterocycles. The number of pyridine rings is 1. The molecule has 0 amide bonds. The Morgan fingerprint density at radius 2 is 1.75 bits per heavy atom. The van der Waals surface area contributed by atoms with Gasteiger partial charge in [0.2, 0.25) is 0 Å². The summed E-state index contributed by atoms with van der Waals surface area (Å²) >= 11 is 0. The van der Waals surface area contributed by atoms with Crippen molar-refractivity contribution in [1.29, 1.82) is 0 Å². The topological polar surface area (TPSA) is 78.0 Å². The molecule has 1 atom stereocenters. The van der Waals surface area contributed by atoms with E-state index in [0.29, 0.717) is 24.3 Å². The Hall–Kier alpha value is -3.64. The first-order valence-corrected chi connectivity index (χ1v) is 12.9. The van der Waals surface area contributed by atoms with Gasteiger partial charge in [-0.05, 0) is 62.1 Å². The summed E-state index contributed by atoms with van der Waals surface area (Å²) in [7, 11) is 2.17.